The van der Waals surface area contributed by atoms with Crippen LogP contribution in [-0.4, -0.2) is 67.7 Å². The van der Waals surface area contributed by atoms with Gasteiger partial charge < -0.3 is 5.73 Å². The number of rotatable bonds is 9. The van der Waals surface area contributed by atoms with Gasteiger partial charge in [-0.1, -0.05) is 13.8 Å². The van der Waals surface area contributed by atoms with Crippen LogP contribution >= 0.6 is 0 Å². The molecule has 1 amide bonds. The molecule has 2 N–H and O–H groups in total. The lowest BCUT2D eigenvalue weighted by Crippen LogP contribution is -2.55. The largest absolute Gasteiger partial charge is 0.370 e. The van der Waals surface area contributed by atoms with Gasteiger partial charge in [-0.3, -0.25) is 19.5 Å². The predicted octanol–water partition coefficient (Wildman–Crippen LogP) is 0.759. The van der Waals surface area contributed by atoms with Crippen molar-refractivity contribution in [1.29, 1.82) is 0 Å². The maximum Gasteiger partial charge on any atom is 0.218 e. The third kappa shape index (κ3) is 5.33. The highest BCUT2D eigenvalue weighted by atomic mass is 16.1. The van der Waals surface area contributed by atoms with Crippen molar-refractivity contribution in [2.45, 2.75) is 45.4 Å². The number of hydrogen-bond acceptors (Lipinski definition) is 4. The second-order valence-corrected chi connectivity index (χ2v) is 5.16. The Morgan fingerprint density at radius 2 is 1.39 bits per heavy atom. The number of nitrogens with zero attached hydrogens (tertiary/aromatic N) is 3. The van der Waals surface area contributed by atoms with Crippen LogP contribution in [0.4, 0.5) is 0 Å². The first-order valence-corrected chi connectivity index (χ1v) is 6.71. The lowest BCUT2D eigenvalue weighted by molar-refractivity contribution is -0.119. The molecule has 0 bridgehead atoms. The molecule has 0 aromatic heterocycles. The summed E-state index contributed by atoms with van der Waals surface area (Å²) in [6, 6.07) is 0. The molecule has 2 atom stereocenters. The normalized spacial score (nSPS) is 15.4. The highest BCUT2D eigenvalue weighted by Gasteiger charge is 2.27. The molecular weight excluding hydrogens is 228 g/mol. The van der Waals surface area contributed by atoms with E-state index in [0.29, 0.717) is 25.3 Å². The number of nitrogens with two attached hydrogens (primary N) is 1. The summed E-state index contributed by atoms with van der Waals surface area (Å²) in [5.41, 5.74) is 5.28. The van der Waals surface area contributed by atoms with Crippen LogP contribution in [0.1, 0.15) is 33.1 Å². The Bertz CT molecular complexity index is 227. The Morgan fingerprint density at radius 3 is 1.61 bits per heavy atom. The number of carbonyl (C=O) groups excluding carboxylic acids is 1. The van der Waals surface area contributed by atoms with Crippen LogP contribution < -0.4 is 5.73 Å². The molecular formula is C13H30N4O. The topological polar surface area (TPSA) is 52.8 Å². The van der Waals surface area contributed by atoms with Gasteiger partial charge >= 0.3 is 0 Å². The molecule has 0 aliphatic carbocycles. The highest BCUT2D eigenvalue weighted by molar-refractivity contribution is 5.73. The SMILES string of the molecule is CCC(N(C)C)N(CCC(N)=O)C(CC)N(C)C. The van der Waals surface area contributed by atoms with Crippen LogP contribution in [0.3, 0.4) is 0 Å². The lowest BCUT2D eigenvalue weighted by Gasteiger charge is -2.43. The minimum Gasteiger partial charge on any atom is -0.370 e. The Labute approximate surface area is 112 Å². The van der Waals surface area contributed by atoms with E-state index in [2.05, 4.69) is 56.7 Å². The van der Waals surface area contributed by atoms with E-state index < -0.39 is 0 Å². The third-order valence-corrected chi connectivity index (χ3v) is 3.30. The van der Waals surface area contributed by atoms with E-state index in [9.17, 15) is 4.79 Å². The van der Waals surface area contributed by atoms with Crippen molar-refractivity contribution in [3.63, 3.8) is 0 Å². The lowest BCUT2D eigenvalue weighted by atomic mass is 10.2. The van der Waals surface area contributed by atoms with Crippen LogP contribution in [0.15, 0.2) is 0 Å². The molecule has 0 radical (unpaired) electrons. The zero-order valence-electron chi connectivity index (χ0n) is 12.8. The summed E-state index contributed by atoms with van der Waals surface area (Å²) in [7, 11) is 8.31. The van der Waals surface area contributed by atoms with Crippen LogP contribution in [0.2, 0.25) is 0 Å². The van der Waals surface area contributed by atoms with Gasteiger partial charge in [0.2, 0.25) is 5.91 Å². The standard InChI is InChI=1S/C13H30N4O/c1-7-12(15(3)4)17(10-9-11(14)18)13(8-2)16(5)6/h12-13H,7-10H2,1-6H3,(H2,14,18). The molecule has 2 unspecified atom stereocenters. The molecule has 0 spiro atoms. The summed E-state index contributed by atoms with van der Waals surface area (Å²) in [4.78, 5) is 17.8. The van der Waals surface area contributed by atoms with Gasteiger partial charge in [0.05, 0.1) is 12.3 Å². The van der Waals surface area contributed by atoms with E-state index in [-0.39, 0.29) is 5.91 Å². The summed E-state index contributed by atoms with van der Waals surface area (Å²) >= 11 is 0. The molecule has 0 rings (SSSR count). The summed E-state index contributed by atoms with van der Waals surface area (Å²) in [6.45, 7) is 5.05. The number of hydrogen-bond donors (Lipinski definition) is 1. The second-order valence-electron chi connectivity index (χ2n) is 5.16. The molecule has 0 saturated carbocycles. The van der Waals surface area contributed by atoms with Gasteiger partial charge in [-0.05, 0) is 41.0 Å². The number of primary amides is 1. The minimum absolute atomic E-state index is 0.234. The van der Waals surface area contributed by atoms with E-state index in [4.69, 9.17) is 5.73 Å². The maximum absolute atomic E-state index is 11.0. The summed E-state index contributed by atoms with van der Waals surface area (Å²) < 4.78 is 0. The van der Waals surface area contributed by atoms with Crippen LogP contribution in [-0.2, 0) is 4.79 Å². The maximum atomic E-state index is 11.0. The Balaban J connectivity index is 4.93. The van der Waals surface area contributed by atoms with E-state index in [1.54, 1.807) is 0 Å². The molecule has 0 aliphatic heterocycles. The van der Waals surface area contributed by atoms with Gasteiger partial charge in [-0.15, -0.1) is 0 Å². The fourth-order valence-corrected chi connectivity index (χ4v) is 2.53. The van der Waals surface area contributed by atoms with Crippen molar-refractivity contribution in [2.24, 2.45) is 5.73 Å². The zero-order chi connectivity index (χ0) is 14.3. The number of carbonyl (C=O) groups is 1. The predicted molar refractivity (Wildman–Crippen MR) is 76.0 cm³/mol. The van der Waals surface area contributed by atoms with Crippen LogP contribution in [0, 0.1) is 0 Å². The van der Waals surface area contributed by atoms with E-state index in [1.165, 1.54) is 0 Å². The fourth-order valence-electron chi connectivity index (χ4n) is 2.53. The van der Waals surface area contributed by atoms with Gasteiger partial charge in [-0.25, -0.2) is 0 Å². The number of amides is 1. The van der Waals surface area contributed by atoms with E-state index in [0.717, 1.165) is 12.8 Å². The molecule has 0 aliphatic rings. The molecule has 5 nitrogen and oxygen atoms in total. The highest BCUT2D eigenvalue weighted by Crippen LogP contribution is 2.16. The van der Waals surface area contributed by atoms with Crippen LogP contribution in [0.25, 0.3) is 0 Å². The summed E-state index contributed by atoms with van der Waals surface area (Å²) in [5, 5.41) is 0. The van der Waals surface area contributed by atoms with Gasteiger partial charge in [-0.2, -0.15) is 0 Å². The molecule has 108 valence electrons. The van der Waals surface area contributed by atoms with Gasteiger partial charge in [0.1, 0.15) is 0 Å². The second kappa shape index (κ2) is 8.45. The summed E-state index contributed by atoms with van der Waals surface area (Å²) in [6.07, 6.45) is 3.12. The molecule has 0 aromatic carbocycles. The average molecular weight is 258 g/mol. The van der Waals surface area contributed by atoms with Crippen molar-refractivity contribution in [3.05, 3.63) is 0 Å². The zero-order valence-corrected chi connectivity index (χ0v) is 12.8. The van der Waals surface area contributed by atoms with Gasteiger partial charge in [0.15, 0.2) is 0 Å². The quantitative estimate of drug-likeness (QED) is 0.620. The summed E-state index contributed by atoms with van der Waals surface area (Å²) in [5.74, 6) is -0.234. The first-order valence-electron chi connectivity index (χ1n) is 6.71. The monoisotopic (exact) mass is 258 g/mol. The molecule has 0 saturated heterocycles. The first-order chi connectivity index (χ1) is 8.34. The molecule has 5 heteroatoms. The average Bonchev–Trinajstić information content (AvgIpc) is 2.25. The Hall–Kier alpha value is -0.650. The molecule has 18 heavy (non-hydrogen) atoms. The van der Waals surface area contributed by atoms with Crippen molar-refractivity contribution in [1.82, 2.24) is 14.7 Å². The third-order valence-electron chi connectivity index (χ3n) is 3.30. The first kappa shape index (κ1) is 17.4. The Kier molecular flexibility index (Phi) is 8.15. The van der Waals surface area contributed by atoms with Gasteiger partial charge in [0.25, 0.3) is 0 Å². The van der Waals surface area contributed by atoms with Gasteiger partial charge in [0, 0.05) is 13.0 Å². The van der Waals surface area contributed by atoms with Crippen molar-refractivity contribution >= 4 is 5.91 Å². The minimum atomic E-state index is -0.234. The van der Waals surface area contributed by atoms with Crippen molar-refractivity contribution in [2.75, 3.05) is 34.7 Å². The van der Waals surface area contributed by atoms with Crippen molar-refractivity contribution < 1.29 is 4.79 Å². The molecule has 0 aromatic rings. The smallest absolute Gasteiger partial charge is 0.218 e. The molecule has 0 fully saturated rings. The van der Waals surface area contributed by atoms with Crippen LogP contribution in [0.5, 0.6) is 0 Å². The van der Waals surface area contributed by atoms with E-state index >= 15 is 0 Å². The van der Waals surface area contributed by atoms with E-state index in [1.807, 2.05) is 0 Å². The van der Waals surface area contributed by atoms with Crippen molar-refractivity contribution in [3.8, 4) is 0 Å². The molecule has 0 heterocycles. The Morgan fingerprint density at radius 1 is 1.00 bits per heavy atom. The fraction of sp³-hybridized carbons (Fsp3) is 0.923.